The van der Waals surface area contributed by atoms with Gasteiger partial charge in [-0.15, -0.1) is 0 Å². The van der Waals surface area contributed by atoms with Gasteiger partial charge in [0.1, 0.15) is 0 Å². The Morgan fingerprint density at radius 1 is 0.571 bits per heavy atom. The molecular formula is H4CrDyO4Ti+. The van der Waals surface area contributed by atoms with Gasteiger partial charge in [-0.05, 0) is 0 Å². The first-order chi connectivity index (χ1) is 0. The Balaban J connectivity index is 0. The second-order valence-electron chi connectivity index (χ2n) is 0. The van der Waals surface area contributed by atoms with E-state index in [1.165, 1.54) is 0 Å². The minimum absolute atomic E-state index is 0. The van der Waals surface area contributed by atoms with E-state index in [2.05, 4.69) is 0 Å². The summed E-state index contributed by atoms with van der Waals surface area (Å²) in [4.78, 5) is 0. The van der Waals surface area contributed by atoms with Crippen molar-refractivity contribution in [3.05, 3.63) is 0 Å². The van der Waals surface area contributed by atoms with E-state index in [4.69, 9.17) is 0 Å². The molecule has 0 aromatic carbocycles. The smallest absolute Gasteiger partial charge is 0.870 e. The Bertz CT molecular complexity index is 11.7. The van der Waals surface area contributed by atoms with Crippen molar-refractivity contribution < 1.29 is 99.2 Å². The normalized spacial score (nSPS) is 0. The molecule has 0 aliphatic carbocycles. The summed E-state index contributed by atoms with van der Waals surface area (Å²) in [7, 11) is 0. The van der Waals surface area contributed by atoms with Gasteiger partial charge in [-0.3, -0.25) is 0 Å². The van der Waals surface area contributed by atoms with Crippen molar-refractivity contribution in [1.82, 2.24) is 0 Å². The van der Waals surface area contributed by atoms with Crippen LogP contribution in [-0.4, -0.2) is 21.9 Å². The summed E-state index contributed by atoms with van der Waals surface area (Å²) in [5.41, 5.74) is 0. The first-order valence-electron chi connectivity index (χ1n) is 0. The summed E-state index contributed by atoms with van der Waals surface area (Å²) in [6.07, 6.45) is 0. The van der Waals surface area contributed by atoms with E-state index in [1.54, 1.807) is 0 Å². The van der Waals surface area contributed by atoms with Crippen LogP contribution in [0.1, 0.15) is 0 Å². The molecule has 0 heterocycles. The van der Waals surface area contributed by atoms with Crippen molar-refractivity contribution >= 4 is 0 Å². The van der Waals surface area contributed by atoms with Crippen LogP contribution in [0.4, 0.5) is 0 Å². The van der Waals surface area contributed by atoms with Crippen LogP contribution in [0.25, 0.3) is 0 Å². The molecule has 4 N–H and O–H groups in total. The fraction of sp³-hybridized carbons (Fsp3) is 0. The van der Waals surface area contributed by atoms with Crippen LogP contribution in [0.2, 0.25) is 0 Å². The van der Waals surface area contributed by atoms with Crippen LogP contribution >= 0.6 is 0 Å². The van der Waals surface area contributed by atoms with Crippen molar-refractivity contribution in [2.75, 3.05) is 0 Å². The van der Waals surface area contributed by atoms with Crippen LogP contribution in [0, 0.1) is 38.2 Å². The van der Waals surface area contributed by atoms with Crippen LogP contribution in [-0.2, 0) is 39.1 Å². The largest absolute Gasteiger partial charge is 3.00 e. The Morgan fingerprint density at radius 2 is 0.571 bits per heavy atom. The molecule has 0 bridgehead atoms. The third-order valence-corrected chi connectivity index (χ3v) is 0. The fourth-order valence-electron chi connectivity index (χ4n) is 0. The topological polar surface area (TPSA) is 120 Å². The van der Waals surface area contributed by atoms with E-state index in [9.17, 15) is 0 Å². The van der Waals surface area contributed by atoms with Gasteiger partial charge >= 0.3 is 55.5 Å². The molecule has 0 saturated carbocycles. The Hall–Kier alpha value is 2.36. The zero-order valence-electron chi connectivity index (χ0n) is 3.01. The fourth-order valence-corrected chi connectivity index (χ4v) is 0. The number of hydrogen-bond donors (Lipinski definition) is 0. The maximum Gasteiger partial charge on any atom is 3.00 e. The minimum atomic E-state index is 0. The first kappa shape index (κ1) is 117. The molecule has 0 spiro atoms. The van der Waals surface area contributed by atoms with E-state index in [0.717, 1.165) is 0 Å². The quantitative estimate of drug-likeness (QED) is 0.545. The van der Waals surface area contributed by atoms with Gasteiger partial charge in [0.25, 0.3) is 0 Å². The maximum absolute atomic E-state index is 0. The molecular weight excluding hydrogens is 326 g/mol. The molecule has 0 aliphatic heterocycles. The van der Waals surface area contributed by atoms with Crippen LogP contribution in [0.15, 0.2) is 0 Å². The summed E-state index contributed by atoms with van der Waals surface area (Å²) >= 11 is 0. The Morgan fingerprint density at radius 3 is 0.571 bits per heavy atom. The van der Waals surface area contributed by atoms with Gasteiger partial charge in [-0.2, -0.15) is 0 Å². The maximum atomic E-state index is 0. The molecule has 0 saturated heterocycles. The van der Waals surface area contributed by atoms with Crippen LogP contribution < -0.4 is 0 Å². The van der Waals surface area contributed by atoms with Gasteiger partial charge in [0.05, 0.1) is 0 Å². The van der Waals surface area contributed by atoms with E-state index < -0.39 is 0 Å². The molecule has 0 aromatic heterocycles. The van der Waals surface area contributed by atoms with Crippen molar-refractivity contribution in [2.24, 2.45) is 0 Å². The second-order valence-corrected chi connectivity index (χ2v) is 0. The standard InChI is InChI=1S/Cr.Dy.4H2O.Ti/h;;4*1H2;/q+2;+3;;;;;/p-4. The number of rotatable bonds is 0. The molecule has 7 heteroatoms. The molecule has 47 valence electrons. The average Bonchev–Trinajstić information content (AvgIpc) is 0. The summed E-state index contributed by atoms with van der Waals surface area (Å²) in [6.45, 7) is 0. The average molecular weight is 330 g/mol. The predicted octanol–water partition coefficient (Wildman–Crippen LogP) is -0.712. The van der Waals surface area contributed by atoms with Crippen LogP contribution in [0.3, 0.4) is 0 Å². The summed E-state index contributed by atoms with van der Waals surface area (Å²) in [5, 5.41) is 0. The zero-order chi connectivity index (χ0) is 0. The summed E-state index contributed by atoms with van der Waals surface area (Å²) in [6, 6.07) is 0. The van der Waals surface area contributed by atoms with Gasteiger partial charge in [-0.1, -0.05) is 0 Å². The first-order valence-corrected chi connectivity index (χ1v) is 0. The van der Waals surface area contributed by atoms with Gasteiger partial charge in [0.2, 0.25) is 0 Å². The molecule has 0 amide bonds. The molecule has 0 aromatic rings. The molecule has 0 unspecified atom stereocenters. The van der Waals surface area contributed by atoms with Crippen molar-refractivity contribution in [3.8, 4) is 0 Å². The van der Waals surface area contributed by atoms with Gasteiger partial charge in [0.15, 0.2) is 0 Å². The van der Waals surface area contributed by atoms with Crippen molar-refractivity contribution in [1.29, 1.82) is 0 Å². The predicted molar refractivity (Wildman–Crippen MR) is 7.74 cm³/mol. The molecule has 0 rings (SSSR count). The van der Waals surface area contributed by atoms with Gasteiger partial charge in [-0.25, -0.2) is 0 Å². The van der Waals surface area contributed by atoms with E-state index >= 15 is 0 Å². The van der Waals surface area contributed by atoms with E-state index in [1.807, 2.05) is 0 Å². The van der Waals surface area contributed by atoms with E-state index in [-0.39, 0.29) is 99.2 Å². The number of hydrogen-bond acceptors (Lipinski definition) is 4. The Kier molecular flexibility index (Phi) is 1360. The molecule has 0 atom stereocenters. The molecule has 0 aliphatic rings. The van der Waals surface area contributed by atoms with Crippen molar-refractivity contribution in [2.45, 2.75) is 0 Å². The third-order valence-electron chi connectivity index (χ3n) is 0. The monoisotopic (exact) mass is 332 g/mol. The summed E-state index contributed by atoms with van der Waals surface area (Å²) in [5.74, 6) is 0. The third kappa shape index (κ3) is 60.7. The SMILES string of the molecule is [Cr+2].[Dy+3].[OH-].[OH-].[OH-].[OH-].[Ti]. The molecule has 7 heavy (non-hydrogen) atoms. The molecule has 1 radical (unpaired) electrons. The molecule has 4 nitrogen and oxygen atoms in total. The van der Waals surface area contributed by atoms with Crippen molar-refractivity contribution in [3.63, 3.8) is 0 Å². The summed E-state index contributed by atoms with van der Waals surface area (Å²) < 4.78 is 0. The van der Waals surface area contributed by atoms with E-state index in [0.29, 0.717) is 0 Å². The van der Waals surface area contributed by atoms with Gasteiger partial charge in [0, 0.05) is 21.7 Å². The van der Waals surface area contributed by atoms with Crippen LogP contribution in [0.5, 0.6) is 0 Å². The second kappa shape index (κ2) is 81.3. The minimum Gasteiger partial charge on any atom is -0.870 e. The zero-order valence-corrected chi connectivity index (χ0v) is 7.88. The van der Waals surface area contributed by atoms with Gasteiger partial charge < -0.3 is 21.9 Å². The Labute approximate surface area is 97.7 Å². The molecule has 0 fully saturated rings.